The lowest BCUT2D eigenvalue weighted by Gasteiger charge is -2.20. The molecular formula is C20H27NO2S. The smallest absolute Gasteiger partial charge is 0.172 e. The number of hydrogen-bond acceptors (Lipinski definition) is 4. The van der Waals surface area contributed by atoms with Crippen LogP contribution in [0.2, 0.25) is 0 Å². The van der Waals surface area contributed by atoms with Gasteiger partial charge >= 0.3 is 0 Å². The van der Waals surface area contributed by atoms with Gasteiger partial charge in [-0.15, -0.1) is 11.3 Å². The Bertz CT molecular complexity index is 659. The second-order valence-corrected chi connectivity index (χ2v) is 8.01. The number of ketones is 1. The summed E-state index contributed by atoms with van der Waals surface area (Å²) in [5, 5.41) is 9.20. The zero-order chi connectivity index (χ0) is 17.6. The van der Waals surface area contributed by atoms with Crippen molar-refractivity contribution in [3.05, 3.63) is 57.3 Å². The van der Waals surface area contributed by atoms with Gasteiger partial charge in [-0.1, -0.05) is 29.8 Å². The molecule has 1 aromatic carbocycles. The zero-order valence-electron chi connectivity index (χ0n) is 14.5. The first-order valence-corrected chi connectivity index (χ1v) is 9.28. The van der Waals surface area contributed by atoms with Gasteiger partial charge in [-0.25, -0.2) is 0 Å². The van der Waals surface area contributed by atoms with Gasteiger partial charge in [-0.3, -0.25) is 4.79 Å². The van der Waals surface area contributed by atoms with Crippen LogP contribution < -0.4 is 5.73 Å². The van der Waals surface area contributed by atoms with Crippen molar-refractivity contribution in [2.24, 2.45) is 5.73 Å². The summed E-state index contributed by atoms with van der Waals surface area (Å²) < 4.78 is 0. The summed E-state index contributed by atoms with van der Waals surface area (Å²) in [7, 11) is 0. The van der Waals surface area contributed by atoms with Crippen molar-refractivity contribution in [2.75, 3.05) is 6.61 Å². The van der Waals surface area contributed by atoms with Crippen molar-refractivity contribution in [2.45, 2.75) is 51.5 Å². The molecule has 130 valence electrons. The highest BCUT2D eigenvalue weighted by Crippen LogP contribution is 2.22. The van der Waals surface area contributed by atoms with Gasteiger partial charge in [0.15, 0.2) is 5.78 Å². The molecule has 4 heteroatoms. The fourth-order valence-corrected chi connectivity index (χ4v) is 3.46. The van der Waals surface area contributed by atoms with E-state index in [4.69, 9.17) is 5.73 Å². The van der Waals surface area contributed by atoms with Crippen LogP contribution in [0.3, 0.4) is 0 Å². The van der Waals surface area contributed by atoms with Crippen LogP contribution in [-0.4, -0.2) is 23.0 Å². The molecule has 0 unspecified atom stereocenters. The molecular weight excluding hydrogens is 318 g/mol. The van der Waals surface area contributed by atoms with Gasteiger partial charge in [0.25, 0.3) is 0 Å². The fraction of sp³-hybridized carbons (Fsp3) is 0.450. The third-order valence-electron chi connectivity index (χ3n) is 4.23. The molecule has 2 rings (SSSR count). The SMILES string of the molecule is Cc1ccc(CCCC(=O)c2ccc(CC[C@@](C)(N)CO)s2)cc1. The minimum absolute atomic E-state index is 0.0246. The molecule has 0 amide bonds. The molecule has 1 heterocycles. The number of benzene rings is 1. The molecule has 0 bridgehead atoms. The Labute approximate surface area is 148 Å². The molecule has 0 radical (unpaired) electrons. The highest BCUT2D eigenvalue weighted by atomic mass is 32.1. The number of hydrogen-bond donors (Lipinski definition) is 2. The number of aliphatic hydroxyl groups excluding tert-OH is 1. The van der Waals surface area contributed by atoms with Crippen molar-refractivity contribution >= 4 is 17.1 Å². The van der Waals surface area contributed by atoms with Crippen LogP contribution >= 0.6 is 11.3 Å². The average Bonchev–Trinajstić information content (AvgIpc) is 3.04. The molecule has 0 aliphatic rings. The Morgan fingerprint density at radius 1 is 1.17 bits per heavy atom. The second kappa shape index (κ2) is 8.56. The molecule has 0 saturated heterocycles. The van der Waals surface area contributed by atoms with E-state index in [0.717, 1.165) is 29.0 Å². The lowest BCUT2D eigenvalue weighted by molar-refractivity contribution is 0.0984. The number of rotatable bonds is 9. The van der Waals surface area contributed by atoms with E-state index in [9.17, 15) is 9.90 Å². The van der Waals surface area contributed by atoms with E-state index in [-0.39, 0.29) is 12.4 Å². The van der Waals surface area contributed by atoms with Gasteiger partial charge in [-0.05, 0) is 57.2 Å². The molecule has 0 saturated carbocycles. The van der Waals surface area contributed by atoms with E-state index in [1.165, 1.54) is 11.1 Å². The summed E-state index contributed by atoms with van der Waals surface area (Å²) in [5.74, 6) is 0.219. The molecule has 1 atom stereocenters. The Kier molecular flexibility index (Phi) is 6.72. The van der Waals surface area contributed by atoms with Crippen molar-refractivity contribution in [1.82, 2.24) is 0 Å². The first-order valence-electron chi connectivity index (χ1n) is 8.47. The maximum absolute atomic E-state index is 12.3. The van der Waals surface area contributed by atoms with Gasteiger partial charge in [0.2, 0.25) is 0 Å². The summed E-state index contributed by atoms with van der Waals surface area (Å²) in [6, 6.07) is 12.4. The summed E-state index contributed by atoms with van der Waals surface area (Å²) in [5.41, 5.74) is 7.94. The molecule has 24 heavy (non-hydrogen) atoms. The summed E-state index contributed by atoms with van der Waals surface area (Å²) >= 11 is 1.55. The highest BCUT2D eigenvalue weighted by molar-refractivity contribution is 7.14. The lowest BCUT2D eigenvalue weighted by atomic mass is 9.98. The van der Waals surface area contributed by atoms with Crippen LogP contribution in [0.5, 0.6) is 0 Å². The number of aryl methyl sites for hydroxylation is 3. The van der Waals surface area contributed by atoms with Crippen LogP contribution in [0.15, 0.2) is 36.4 Å². The molecule has 0 aliphatic carbocycles. The zero-order valence-corrected chi connectivity index (χ0v) is 15.4. The summed E-state index contributed by atoms with van der Waals surface area (Å²) in [6.07, 6.45) is 3.91. The average molecular weight is 346 g/mol. The second-order valence-electron chi connectivity index (χ2n) is 6.84. The number of thiophene rings is 1. The molecule has 1 aromatic heterocycles. The normalized spacial score (nSPS) is 13.7. The van der Waals surface area contributed by atoms with Crippen LogP contribution in [0.1, 0.15) is 51.9 Å². The van der Waals surface area contributed by atoms with Gasteiger partial charge in [-0.2, -0.15) is 0 Å². The van der Waals surface area contributed by atoms with Crippen LogP contribution in [-0.2, 0) is 12.8 Å². The maximum atomic E-state index is 12.3. The van der Waals surface area contributed by atoms with E-state index >= 15 is 0 Å². The number of nitrogens with two attached hydrogens (primary N) is 1. The first kappa shape index (κ1) is 18.8. The highest BCUT2D eigenvalue weighted by Gasteiger charge is 2.17. The minimum Gasteiger partial charge on any atom is -0.394 e. The first-order chi connectivity index (χ1) is 11.4. The minimum atomic E-state index is -0.553. The third kappa shape index (κ3) is 5.86. The number of carbonyl (C=O) groups excluding carboxylic acids is 1. The van der Waals surface area contributed by atoms with E-state index in [1.54, 1.807) is 11.3 Å². The Morgan fingerprint density at radius 3 is 2.54 bits per heavy atom. The van der Waals surface area contributed by atoms with Gasteiger partial charge in [0, 0.05) is 16.8 Å². The van der Waals surface area contributed by atoms with Crippen molar-refractivity contribution in [3.8, 4) is 0 Å². The standard InChI is InChI=1S/C20H27NO2S/c1-15-6-8-16(9-7-15)4-3-5-18(23)19-11-10-17(24-19)12-13-20(2,21)14-22/h6-11,22H,3-5,12-14,21H2,1-2H3/t20-/m1/s1. The van der Waals surface area contributed by atoms with Crippen molar-refractivity contribution < 1.29 is 9.90 Å². The molecule has 3 nitrogen and oxygen atoms in total. The predicted molar refractivity (Wildman–Crippen MR) is 101 cm³/mol. The Morgan fingerprint density at radius 2 is 1.88 bits per heavy atom. The number of aliphatic hydroxyl groups is 1. The molecule has 0 fully saturated rings. The monoisotopic (exact) mass is 345 g/mol. The molecule has 0 aliphatic heterocycles. The third-order valence-corrected chi connectivity index (χ3v) is 5.42. The lowest BCUT2D eigenvalue weighted by Crippen LogP contribution is -2.40. The predicted octanol–water partition coefficient (Wildman–Crippen LogP) is 3.90. The Hall–Kier alpha value is -1.49. The van der Waals surface area contributed by atoms with Crippen molar-refractivity contribution in [3.63, 3.8) is 0 Å². The largest absolute Gasteiger partial charge is 0.394 e. The van der Waals surface area contributed by atoms with Gasteiger partial charge in [0.1, 0.15) is 0 Å². The van der Waals surface area contributed by atoms with Gasteiger partial charge < -0.3 is 10.8 Å². The van der Waals surface area contributed by atoms with Crippen molar-refractivity contribution in [1.29, 1.82) is 0 Å². The Balaban J connectivity index is 1.79. The number of carbonyl (C=O) groups is 1. The van der Waals surface area contributed by atoms with E-state index in [2.05, 4.69) is 31.2 Å². The van der Waals surface area contributed by atoms with E-state index in [1.807, 2.05) is 19.1 Å². The summed E-state index contributed by atoms with van der Waals surface area (Å²) in [6.45, 7) is 3.90. The molecule has 3 N–H and O–H groups in total. The maximum Gasteiger partial charge on any atom is 0.172 e. The fourth-order valence-electron chi connectivity index (χ4n) is 2.48. The van der Waals surface area contributed by atoms with Crippen LogP contribution in [0.4, 0.5) is 0 Å². The van der Waals surface area contributed by atoms with Gasteiger partial charge in [0.05, 0.1) is 11.5 Å². The van der Waals surface area contributed by atoms with Crippen LogP contribution in [0.25, 0.3) is 0 Å². The summed E-state index contributed by atoms with van der Waals surface area (Å²) in [4.78, 5) is 14.3. The molecule has 2 aromatic rings. The van der Waals surface area contributed by atoms with E-state index < -0.39 is 5.54 Å². The molecule has 0 spiro atoms. The van der Waals surface area contributed by atoms with E-state index in [0.29, 0.717) is 12.8 Å². The quantitative estimate of drug-likeness (QED) is 0.677. The topological polar surface area (TPSA) is 63.3 Å². The van der Waals surface area contributed by atoms with Crippen LogP contribution in [0, 0.1) is 6.92 Å². The number of Topliss-reactive ketones (excluding diaryl/α,β-unsaturated/α-hetero) is 1.